The summed E-state index contributed by atoms with van der Waals surface area (Å²) in [5.74, 6) is -0.909. The molecule has 0 spiro atoms. The highest BCUT2D eigenvalue weighted by Gasteiger charge is 2.31. The zero-order chi connectivity index (χ0) is 25.7. The molecule has 1 aromatic heterocycles. The number of carbonyl (C=O) groups is 2. The molecule has 0 aliphatic carbocycles. The number of nitrogens with one attached hydrogen (secondary N) is 1. The molecule has 9 nitrogen and oxygen atoms in total. The Labute approximate surface area is 206 Å². The molecule has 2 N–H and O–H groups in total. The Hall–Kier alpha value is -4.00. The van der Waals surface area contributed by atoms with E-state index in [1.54, 1.807) is 6.07 Å². The van der Waals surface area contributed by atoms with Crippen LogP contribution >= 0.6 is 11.3 Å². The minimum absolute atomic E-state index is 0.132. The predicted octanol–water partition coefficient (Wildman–Crippen LogP) is 4.06. The van der Waals surface area contributed by atoms with Crippen molar-refractivity contribution in [3.05, 3.63) is 52.6 Å². The quantitative estimate of drug-likeness (QED) is 0.323. The number of amides is 1. The number of nitrogens with zero attached hydrogens (tertiary/aromatic N) is 2. The van der Waals surface area contributed by atoms with Crippen LogP contribution < -0.4 is 24.3 Å². The van der Waals surface area contributed by atoms with E-state index in [-0.39, 0.29) is 19.1 Å². The molecular weight excluding hydrogens is 503 g/mol. The second-order valence-electron chi connectivity index (χ2n) is 7.55. The largest absolute Gasteiger partial charge is 0.573 e. The lowest BCUT2D eigenvalue weighted by Gasteiger charge is -2.11. The van der Waals surface area contributed by atoms with Crippen LogP contribution in [0.4, 0.5) is 18.9 Å². The molecule has 36 heavy (non-hydrogen) atoms. The first kappa shape index (κ1) is 25.1. The van der Waals surface area contributed by atoms with Crippen molar-refractivity contribution in [3.63, 3.8) is 0 Å². The second-order valence-corrected chi connectivity index (χ2v) is 8.39. The van der Waals surface area contributed by atoms with Gasteiger partial charge in [0, 0.05) is 24.0 Å². The zero-order valence-electron chi connectivity index (χ0n) is 18.6. The van der Waals surface area contributed by atoms with Crippen LogP contribution in [0.1, 0.15) is 12.8 Å². The van der Waals surface area contributed by atoms with Crippen LogP contribution in [0, 0.1) is 0 Å². The summed E-state index contributed by atoms with van der Waals surface area (Å²) < 4.78 is 53.9. The molecule has 13 heteroatoms. The van der Waals surface area contributed by atoms with Crippen molar-refractivity contribution in [3.8, 4) is 28.5 Å². The van der Waals surface area contributed by atoms with Gasteiger partial charge in [-0.15, -0.1) is 24.5 Å². The van der Waals surface area contributed by atoms with Gasteiger partial charge in [-0.05, 0) is 48.9 Å². The summed E-state index contributed by atoms with van der Waals surface area (Å²) in [6.45, 7) is 0.806. The maximum Gasteiger partial charge on any atom is 0.573 e. The highest BCUT2D eigenvalue weighted by Crippen LogP contribution is 2.36. The molecule has 0 radical (unpaired) electrons. The van der Waals surface area contributed by atoms with Crippen LogP contribution in [0.5, 0.6) is 17.2 Å². The molecule has 0 saturated heterocycles. The first-order chi connectivity index (χ1) is 17.2. The standard InChI is InChI=1S/C23H20F3N3O6S/c24-23(25,26)35-16-5-3-15(4-6-16)28-22-29(9-1-8-27-20(30)11-21(31)32)17(12-36-22)14-2-7-18-19(10-14)34-13-33-18/h2-7,10,12H,1,8-9,11,13H2,(H,27,30)(H,31,32). The number of halogens is 3. The molecule has 0 saturated carbocycles. The number of fused-ring (bicyclic) bond motifs is 1. The van der Waals surface area contributed by atoms with Gasteiger partial charge >= 0.3 is 12.3 Å². The van der Waals surface area contributed by atoms with Crippen molar-refractivity contribution in [2.75, 3.05) is 13.3 Å². The Kier molecular flexibility index (Phi) is 7.48. The number of carbonyl (C=O) groups excluding carboxylic acids is 1. The number of benzene rings is 2. The second kappa shape index (κ2) is 10.7. The van der Waals surface area contributed by atoms with Crippen molar-refractivity contribution in [1.29, 1.82) is 0 Å². The van der Waals surface area contributed by atoms with E-state index in [1.165, 1.54) is 35.6 Å². The van der Waals surface area contributed by atoms with Crippen molar-refractivity contribution in [2.45, 2.75) is 25.7 Å². The van der Waals surface area contributed by atoms with Crippen molar-refractivity contribution >= 4 is 28.9 Å². The number of hydrogen-bond donors (Lipinski definition) is 2. The molecule has 0 bridgehead atoms. The number of aliphatic carboxylic acids is 1. The molecule has 3 aromatic rings. The third-order valence-electron chi connectivity index (χ3n) is 4.95. The van der Waals surface area contributed by atoms with Gasteiger partial charge in [0.25, 0.3) is 0 Å². The third kappa shape index (κ3) is 6.56. The monoisotopic (exact) mass is 523 g/mol. The van der Waals surface area contributed by atoms with Crippen molar-refractivity contribution in [2.24, 2.45) is 4.99 Å². The normalized spacial score (nSPS) is 13.0. The van der Waals surface area contributed by atoms with E-state index in [2.05, 4.69) is 15.0 Å². The number of thiazole rings is 1. The number of aromatic nitrogens is 1. The summed E-state index contributed by atoms with van der Waals surface area (Å²) >= 11 is 1.33. The van der Waals surface area contributed by atoms with Crippen LogP contribution in [0.2, 0.25) is 0 Å². The molecule has 0 atom stereocenters. The molecule has 4 rings (SSSR count). The van der Waals surface area contributed by atoms with Gasteiger partial charge < -0.3 is 29.2 Å². The van der Waals surface area contributed by atoms with Gasteiger partial charge in [0.1, 0.15) is 12.2 Å². The van der Waals surface area contributed by atoms with Gasteiger partial charge in [-0.1, -0.05) is 0 Å². The number of carboxylic acid groups (broad SMARTS) is 1. The molecule has 0 fully saturated rings. The average Bonchev–Trinajstić information content (AvgIpc) is 3.43. The fourth-order valence-electron chi connectivity index (χ4n) is 3.42. The van der Waals surface area contributed by atoms with E-state index >= 15 is 0 Å². The molecule has 190 valence electrons. The summed E-state index contributed by atoms with van der Waals surface area (Å²) in [5.41, 5.74) is 2.07. The van der Waals surface area contributed by atoms with Crippen LogP contribution in [0.25, 0.3) is 11.3 Å². The minimum atomic E-state index is -4.78. The Bertz CT molecular complexity index is 1320. The number of ether oxygens (including phenoxy) is 3. The molecule has 1 aliphatic heterocycles. The van der Waals surface area contributed by atoms with E-state index < -0.39 is 24.7 Å². The summed E-state index contributed by atoms with van der Waals surface area (Å²) in [6, 6.07) is 10.7. The van der Waals surface area contributed by atoms with Gasteiger partial charge in [-0.3, -0.25) is 9.59 Å². The number of alkyl halides is 3. The van der Waals surface area contributed by atoms with E-state index in [9.17, 15) is 22.8 Å². The summed E-state index contributed by atoms with van der Waals surface area (Å²) in [4.78, 5) is 27.4. The van der Waals surface area contributed by atoms with E-state index in [1.807, 2.05) is 22.1 Å². The highest BCUT2D eigenvalue weighted by atomic mass is 32.1. The molecule has 0 unspecified atom stereocenters. The lowest BCUT2D eigenvalue weighted by atomic mass is 10.1. The minimum Gasteiger partial charge on any atom is -0.481 e. The molecule has 2 heterocycles. The molecule has 1 aliphatic rings. The predicted molar refractivity (Wildman–Crippen MR) is 122 cm³/mol. The van der Waals surface area contributed by atoms with Gasteiger partial charge in [-0.25, -0.2) is 4.99 Å². The van der Waals surface area contributed by atoms with E-state index in [4.69, 9.17) is 14.6 Å². The van der Waals surface area contributed by atoms with Crippen LogP contribution in [0.15, 0.2) is 52.8 Å². The molecule has 1 amide bonds. The van der Waals surface area contributed by atoms with Crippen LogP contribution in [-0.4, -0.2) is 41.3 Å². The highest BCUT2D eigenvalue weighted by molar-refractivity contribution is 7.07. The van der Waals surface area contributed by atoms with Gasteiger partial charge in [0.15, 0.2) is 16.3 Å². The first-order valence-corrected chi connectivity index (χ1v) is 11.5. The Morgan fingerprint density at radius 2 is 1.89 bits per heavy atom. The van der Waals surface area contributed by atoms with Crippen LogP contribution in [0.3, 0.4) is 0 Å². The summed E-state index contributed by atoms with van der Waals surface area (Å²) in [7, 11) is 0. The number of carboxylic acids is 1. The van der Waals surface area contributed by atoms with Gasteiger partial charge in [-0.2, -0.15) is 0 Å². The number of hydrogen-bond acceptors (Lipinski definition) is 7. The Morgan fingerprint density at radius 3 is 2.61 bits per heavy atom. The first-order valence-electron chi connectivity index (χ1n) is 10.7. The van der Waals surface area contributed by atoms with E-state index in [0.717, 1.165) is 11.3 Å². The lowest BCUT2D eigenvalue weighted by Crippen LogP contribution is -2.28. The number of rotatable bonds is 9. The smallest absolute Gasteiger partial charge is 0.481 e. The average molecular weight is 523 g/mol. The molecular formula is C23H20F3N3O6S. The third-order valence-corrected chi connectivity index (χ3v) is 5.82. The topological polar surface area (TPSA) is 111 Å². The fourth-order valence-corrected chi connectivity index (χ4v) is 4.37. The van der Waals surface area contributed by atoms with Crippen molar-refractivity contribution < 1.29 is 42.1 Å². The van der Waals surface area contributed by atoms with Crippen molar-refractivity contribution in [1.82, 2.24) is 9.88 Å². The Morgan fingerprint density at radius 1 is 1.14 bits per heavy atom. The van der Waals surface area contributed by atoms with Gasteiger partial charge in [0.05, 0.1) is 11.4 Å². The molecule has 2 aromatic carbocycles. The maximum atomic E-state index is 12.4. The summed E-state index contributed by atoms with van der Waals surface area (Å²) in [6.07, 6.45) is -4.91. The van der Waals surface area contributed by atoms with Gasteiger partial charge in [0.2, 0.25) is 12.7 Å². The summed E-state index contributed by atoms with van der Waals surface area (Å²) in [5, 5.41) is 13.2. The van der Waals surface area contributed by atoms with Crippen LogP contribution in [-0.2, 0) is 16.1 Å². The lowest BCUT2D eigenvalue weighted by molar-refractivity contribution is -0.274. The zero-order valence-corrected chi connectivity index (χ0v) is 19.4. The Balaban J connectivity index is 1.59. The fraction of sp³-hybridized carbons (Fsp3) is 0.261. The SMILES string of the molecule is O=C(O)CC(=O)NCCCn1c(-c2ccc3c(c2)OCO3)csc1=Nc1ccc(OC(F)(F)F)cc1. The maximum absolute atomic E-state index is 12.4. The van der Waals surface area contributed by atoms with E-state index in [0.29, 0.717) is 35.0 Å².